The van der Waals surface area contributed by atoms with Crippen molar-refractivity contribution in [2.75, 3.05) is 20.8 Å². The Morgan fingerprint density at radius 3 is 2.32 bits per heavy atom. The van der Waals surface area contributed by atoms with Crippen molar-refractivity contribution < 1.29 is 67.5 Å². The number of aliphatic hydroxyl groups excluding tert-OH is 2. The standard InChI is InChI=1S/C48H72O14/c1-11-25(2)43-28(5)17-18-47(62-43)23-34-20-33(61-47)16-15-27(4)42(26(3)13-12-14-32-24-55-45-40(49)29(6)19-35(46(51)58-34)48(32,45)52)59-39-22-37(54-10)44(31(8)57-39)60-38-21-36(53-9)41(50)30(7)56-38/h12-15,17-19,25-26,28,30-31,33-45,49-50,52H,11,16,20-24H2,1-10H3/t25-,26-,28-,30-,31-,33+,34-,35-,36-,37-,38-,39-,40-,41-,42-,43+,44-,45+,47+,48+/m0/s1. The molecule has 6 heterocycles. The summed E-state index contributed by atoms with van der Waals surface area (Å²) in [6.45, 7) is 16.1. The van der Waals surface area contributed by atoms with E-state index in [-0.39, 0.29) is 42.7 Å². The number of carbonyl (C=O) groups is 1. The van der Waals surface area contributed by atoms with Crippen LogP contribution in [0.4, 0.5) is 0 Å². The Kier molecular flexibility index (Phi) is 15.1. The van der Waals surface area contributed by atoms with Crippen molar-refractivity contribution in [2.24, 2.45) is 23.7 Å². The third kappa shape index (κ3) is 9.64. The van der Waals surface area contributed by atoms with Crippen molar-refractivity contribution >= 4 is 5.97 Å². The Bertz CT molecular complexity index is 1730. The quantitative estimate of drug-likeness (QED) is 0.210. The van der Waals surface area contributed by atoms with Crippen molar-refractivity contribution in [3.63, 3.8) is 0 Å². The first-order valence-electron chi connectivity index (χ1n) is 22.9. The first kappa shape index (κ1) is 47.6. The molecule has 2 bridgehead atoms. The third-order valence-corrected chi connectivity index (χ3v) is 14.5. The zero-order valence-electron chi connectivity index (χ0n) is 38.2. The summed E-state index contributed by atoms with van der Waals surface area (Å²) in [5.74, 6) is -2.56. The van der Waals surface area contributed by atoms with E-state index < -0.39 is 90.8 Å². The first-order chi connectivity index (χ1) is 29.5. The SMILES string of the molecule is CC[C@H](C)[C@H]1O[C@]2(C=C[C@@H]1C)C[C@@H]1C[C@@H](CC=C(C)[C@@H](O[C@H]3C[C@H](OC)[C@@H](O[C@H]4C[C@H](OC)[C@@H](O)[C@H](C)O4)[C@H](C)O3)[C@@H](C)C=CC=C3CO[C@@H]4[C@@H](O)C(C)=C[C@@H](C(=O)O1)[C@]34O)O2. The van der Waals surface area contributed by atoms with Crippen LogP contribution in [-0.2, 0) is 52.2 Å². The summed E-state index contributed by atoms with van der Waals surface area (Å²) in [5, 5.41) is 34.2. The Morgan fingerprint density at radius 1 is 0.887 bits per heavy atom. The van der Waals surface area contributed by atoms with E-state index in [9.17, 15) is 20.1 Å². The highest BCUT2D eigenvalue weighted by atomic mass is 16.7. The van der Waals surface area contributed by atoms with Crippen LogP contribution in [0.5, 0.6) is 0 Å². The molecule has 6 aliphatic heterocycles. The van der Waals surface area contributed by atoms with Crippen molar-refractivity contribution in [1.29, 1.82) is 0 Å². The van der Waals surface area contributed by atoms with Crippen LogP contribution in [0, 0.1) is 23.7 Å². The van der Waals surface area contributed by atoms with Gasteiger partial charge in [-0.1, -0.05) is 70.6 Å². The zero-order valence-corrected chi connectivity index (χ0v) is 38.2. The van der Waals surface area contributed by atoms with Crippen molar-refractivity contribution in [1.82, 2.24) is 0 Å². The molecule has 0 amide bonds. The molecule has 3 N–H and O–H groups in total. The second-order valence-corrected chi connectivity index (χ2v) is 19.0. The lowest BCUT2D eigenvalue weighted by atomic mass is 9.71. The third-order valence-electron chi connectivity index (χ3n) is 14.5. The molecular weight excluding hydrogens is 801 g/mol. The van der Waals surface area contributed by atoms with Crippen LogP contribution < -0.4 is 0 Å². The fourth-order valence-electron chi connectivity index (χ4n) is 10.6. The number of ether oxygens (including phenoxy) is 10. The Morgan fingerprint density at radius 2 is 1.60 bits per heavy atom. The van der Waals surface area contributed by atoms with Gasteiger partial charge in [-0.2, -0.15) is 0 Å². The molecule has 7 aliphatic rings. The van der Waals surface area contributed by atoms with Gasteiger partial charge >= 0.3 is 5.97 Å². The fraction of sp³-hybridized carbons (Fsp3) is 0.771. The van der Waals surface area contributed by atoms with Gasteiger partial charge in [0, 0.05) is 51.7 Å². The lowest BCUT2D eigenvalue weighted by molar-refractivity contribution is -0.318. The molecule has 20 atom stereocenters. The molecule has 0 unspecified atom stereocenters. The number of methoxy groups -OCH3 is 2. The molecule has 62 heavy (non-hydrogen) atoms. The Labute approximate surface area is 367 Å². The second-order valence-electron chi connectivity index (χ2n) is 19.0. The van der Waals surface area contributed by atoms with Gasteiger partial charge in [0.1, 0.15) is 42.0 Å². The van der Waals surface area contributed by atoms with Crippen LogP contribution in [0.15, 0.2) is 59.3 Å². The van der Waals surface area contributed by atoms with Crippen LogP contribution in [0.25, 0.3) is 0 Å². The maximum absolute atomic E-state index is 14.3. The van der Waals surface area contributed by atoms with Crippen LogP contribution >= 0.6 is 0 Å². The average Bonchev–Trinajstić information content (AvgIpc) is 3.58. The average molecular weight is 873 g/mol. The summed E-state index contributed by atoms with van der Waals surface area (Å²) in [4.78, 5) is 14.3. The summed E-state index contributed by atoms with van der Waals surface area (Å²) in [6, 6.07) is 0. The molecule has 1 spiro atoms. The maximum atomic E-state index is 14.3. The number of allylic oxidation sites excluding steroid dienone is 2. The summed E-state index contributed by atoms with van der Waals surface area (Å²) in [6.07, 6.45) is 8.55. The van der Waals surface area contributed by atoms with E-state index in [4.69, 9.17) is 47.4 Å². The second kappa shape index (κ2) is 19.7. The molecule has 0 radical (unpaired) electrons. The number of fused-ring (bicyclic) bond motifs is 2. The fourth-order valence-corrected chi connectivity index (χ4v) is 10.6. The van der Waals surface area contributed by atoms with Crippen LogP contribution in [-0.4, -0.2) is 139 Å². The molecule has 14 nitrogen and oxygen atoms in total. The Balaban J connectivity index is 1.18. The largest absolute Gasteiger partial charge is 0.462 e. The predicted octanol–water partition coefficient (Wildman–Crippen LogP) is 5.38. The van der Waals surface area contributed by atoms with Gasteiger partial charge in [0.05, 0.1) is 49.3 Å². The highest BCUT2D eigenvalue weighted by Gasteiger charge is 2.60. The molecule has 1 aliphatic carbocycles. The lowest BCUT2D eigenvalue weighted by Crippen LogP contribution is -2.58. The van der Waals surface area contributed by atoms with Crippen LogP contribution in [0.2, 0.25) is 0 Å². The molecule has 348 valence electrons. The molecule has 14 heteroatoms. The van der Waals surface area contributed by atoms with Crippen LogP contribution in [0.1, 0.15) is 93.9 Å². The van der Waals surface area contributed by atoms with Gasteiger partial charge in [-0.3, -0.25) is 4.79 Å². The van der Waals surface area contributed by atoms with Crippen molar-refractivity contribution in [2.45, 2.75) is 191 Å². The smallest absolute Gasteiger partial charge is 0.316 e. The number of rotatable bonds is 8. The number of carbonyl (C=O) groups excluding carboxylic acids is 1. The molecule has 0 aromatic heterocycles. The highest BCUT2D eigenvalue weighted by molar-refractivity contribution is 5.78. The molecule has 0 saturated carbocycles. The van der Waals surface area contributed by atoms with Gasteiger partial charge in [0.25, 0.3) is 0 Å². The van der Waals surface area contributed by atoms with E-state index in [1.807, 2.05) is 32.1 Å². The minimum Gasteiger partial charge on any atom is -0.462 e. The normalized spacial score (nSPS) is 47.0. The summed E-state index contributed by atoms with van der Waals surface area (Å²) >= 11 is 0. The number of esters is 1. The molecular formula is C48H72O14. The molecule has 7 rings (SSSR count). The van der Waals surface area contributed by atoms with E-state index in [1.165, 1.54) is 0 Å². The minimum atomic E-state index is -1.84. The van der Waals surface area contributed by atoms with Crippen LogP contribution in [0.3, 0.4) is 0 Å². The van der Waals surface area contributed by atoms with E-state index in [1.54, 1.807) is 40.2 Å². The summed E-state index contributed by atoms with van der Waals surface area (Å²) in [5.41, 5.74) is 0.134. The maximum Gasteiger partial charge on any atom is 0.316 e. The van der Waals surface area contributed by atoms with Gasteiger partial charge in [0.15, 0.2) is 18.4 Å². The van der Waals surface area contributed by atoms with Gasteiger partial charge in [0.2, 0.25) is 0 Å². The highest BCUT2D eigenvalue weighted by Crippen LogP contribution is 2.47. The van der Waals surface area contributed by atoms with Crippen molar-refractivity contribution in [3.8, 4) is 0 Å². The van der Waals surface area contributed by atoms with Gasteiger partial charge in [-0.15, -0.1) is 0 Å². The molecule has 0 aromatic rings. The minimum absolute atomic E-state index is 0.0317. The number of aliphatic hydroxyl groups is 3. The monoisotopic (exact) mass is 872 g/mol. The van der Waals surface area contributed by atoms with Gasteiger partial charge < -0.3 is 62.7 Å². The van der Waals surface area contributed by atoms with Gasteiger partial charge in [-0.05, 0) is 62.8 Å². The van der Waals surface area contributed by atoms with E-state index in [0.29, 0.717) is 43.3 Å². The predicted molar refractivity (Wildman–Crippen MR) is 227 cm³/mol. The molecule has 0 aromatic carbocycles. The number of hydrogen-bond donors (Lipinski definition) is 3. The lowest BCUT2D eigenvalue weighted by Gasteiger charge is -2.48. The van der Waals surface area contributed by atoms with E-state index >= 15 is 0 Å². The Hall–Kier alpha value is -2.31. The molecule has 4 saturated heterocycles. The van der Waals surface area contributed by atoms with E-state index in [0.717, 1.165) is 12.0 Å². The van der Waals surface area contributed by atoms with Crippen molar-refractivity contribution in [3.05, 3.63) is 59.3 Å². The summed E-state index contributed by atoms with van der Waals surface area (Å²) in [7, 11) is 3.22. The topological polar surface area (TPSA) is 170 Å². The summed E-state index contributed by atoms with van der Waals surface area (Å²) < 4.78 is 63.7. The number of hydrogen-bond acceptors (Lipinski definition) is 14. The van der Waals surface area contributed by atoms with E-state index in [2.05, 4.69) is 39.8 Å². The first-order valence-corrected chi connectivity index (χ1v) is 22.9. The molecule has 4 fully saturated rings. The zero-order chi connectivity index (χ0) is 44.7. The van der Waals surface area contributed by atoms with Gasteiger partial charge in [-0.25, -0.2) is 0 Å².